The first-order valence-corrected chi connectivity index (χ1v) is 12.8. The summed E-state index contributed by atoms with van der Waals surface area (Å²) in [4.78, 5) is 2.88. The van der Waals surface area contributed by atoms with Crippen molar-refractivity contribution in [2.75, 3.05) is 19.7 Å². The van der Waals surface area contributed by atoms with Crippen LogP contribution in [-0.4, -0.2) is 30.1 Å². The molecule has 2 nitrogen and oxygen atoms in total. The van der Waals surface area contributed by atoms with Crippen LogP contribution in [0.2, 0.25) is 0 Å². The average molecular weight is 438 g/mol. The third kappa shape index (κ3) is 3.74. The van der Waals surface area contributed by atoms with Crippen LogP contribution < -0.4 is 0 Å². The number of piperidine rings is 1. The van der Waals surface area contributed by atoms with E-state index in [0.717, 1.165) is 26.2 Å². The number of rotatable bonds is 4. The lowest BCUT2D eigenvalue weighted by Crippen LogP contribution is -2.56. The standard InChI is InChI=1S/C31H35NO/c1-2-13-28(14-3-1)31(24-33-23-27-12-6-7-15-29(27)31)19-21-32-20-9-8-17-30(32)18-16-25-10-4-5-11-26(25)22-30/h1-7,10-15H,8-9,16-24H2. The molecule has 1 saturated heterocycles. The molecule has 0 bridgehead atoms. The van der Waals surface area contributed by atoms with Crippen molar-refractivity contribution in [2.45, 2.75) is 62.5 Å². The Morgan fingerprint density at radius 1 is 0.758 bits per heavy atom. The summed E-state index contributed by atoms with van der Waals surface area (Å²) in [5.41, 5.74) is 7.65. The molecule has 2 heterocycles. The highest BCUT2D eigenvalue weighted by Gasteiger charge is 2.44. The lowest BCUT2D eigenvalue weighted by Gasteiger charge is -2.51. The molecule has 1 aliphatic carbocycles. The molecular formula is C31H35NO. The van der Waals surface area contributed by atoms with Gasteiger partial charge in [-0.15, -0.1) is 0 Å². The van der Waals surface area contributed by atoms with Crippen LogP contribution >= 0.6 is 0 Å². The average Bonchev–Trinajstić information content (AvgIpc) is 2.89. The van der Waals surface area contributed by atoms with Gasteiger partial charge in [-0.25, -0.2) is 0 Å². The van der Waals surface area contributed by atoms with E-state index in [0.29, 0.717) is 5.54 Å². The van der Waals surface area contributed by atoms with Gasteiger partial charge >= 0.3 is 0 Å². The number of hydrogen-bond acceptors (Lipinski definition) is 2. The zero-order valence-corrected chi connectivity index (χ0v) is 19.6. The Hall–Kier alpha value is -2.42. The molecule has 1 fully saturated rings. The Kier molecular flexibility index (Phi) is 5.60. The lowest BCUT2D eigenvalue weighted by molar-refractivity contribution is 0.0148. The number of aryl methyl sites for hydroxylation is 1. The molecule has 2 atom stereocenters. The van der Waals surface area contributed by atoms with Crippen LogP contribution in [0.1, 0.15) is 59.9 Å². The monoisotopic (exact) mass is 437 g/mol. The molecule has 0 amide bonds. The van der Waals surface area contributed by atoms with Crippen molar-refractivity contribution < 1.29 is 4.74 Å². The molecule has 2 heteroatoms. The van der Waals surface area contributed by atoms with Crippen molar-refractivity contribution in [2.24, 2.45) is 0 Å². The highest BCUT2D eigenvalue weighted by Crippen LogP contribution is 2.44. The van der Waals surface area contributed by atoms with E-state index in [1.165, 1.54) is 61.8 Å². The first kappa shape index (κ1) is 21.1. The SMILES string of the molecule is c1ccc(C2(CCN3CCCCC34CCc3ccccc3C4)COCc3ccccc32)cc1. The van der Waals surface area contributed by atoms with E-state index in [1.807, 2.05) is 0 Å². The molecule has 2 aliphatic heterocycles. The molecule has 3 aliphatic rings. The quantitative estimate of drug-likeness (QED) is 0.474. The minimum absolute atomic E-state index is 0.0681. The van der Waals surface area contributed by atoms with Gasteiger partial charge in [-0.05, 0) is 79.4 Å². The van der Waals surface area contributed by atoms with Crippen LogP contribution in [0.4, 0.5) is 0 Å². The molecular weight excluding hydrogens is 402 g/mol. The van der Waals surface area contributed by atoms with Gasteiger partial charge in [0.25, 0.3) is 0 Å². The smallest absolute Gasteiger partial charge is 0.0720 e. The maximum Gasteiger partial charge on any atom is 0.0720 e. The summed E-state index contributed by atoms with van der Waals surface area (Å²) in [5, 5.41) is 0. The number of hydrogen-bond donors (Lipinski definition) is 0. The molecule has 0 saturated carbocycles. The van der Waals surface area contributed by atoms with Crippen molar-refractivity contribution in [1.29, 1.82) is 0 Å². The number of fused-ring (bicyclic) bond motifs is 2. The Morgan fingerprint density at radius 3 is 2.39 bits per heavy atom. The second kappa shape index (κ2) is 8.74. The van der Waals surface area contributed by atoms with E-state index < -0.39 is 0 Å². The summed E-state index contributed by atoms with van der Waals surface area (Å²) >= 11 is 0. The minimum atomic E-state index is -0.0681. The fraction of sp³-hybridized carbons (Fsp3) is 0.419. The first-order valence-electron chi connectivity index (χ1n) is 12.8. The summed E-state index contributed by atoms with van der Waals surface area (Å²) in [5.74, 6) is 0. The summed E-state index contributed by atoms with van der Waals surface area (Å²) in [6, 6.07) is 29.3. The van der Waals surface area contributed by atoms with Gasteiger partial charge in [0.05, 0.1) is 13.2 Å². The van der Waals surface area contributed by atoms with Crippen molar-refractivity contribution in [3.05, 3.63) is 107 Å². The zero-order chi connectivity index (χ0) is 22.1. The van der Waals surface area contributed by atoms with Crippen molar-refractivity contribution in [3.63, 3.8) is 0 Å². The third-order valence-corrected chi connectivity index (χ3v) is 8.76. The van der Waals surface area contributed by atoms with Gasteiger partial charge in [-0.1, -0.05) is 85.3 Å². The fourth-order valence-electron chi connectivity index (χ4n) is 6.97. The number of likely N-dealkylation sites (tertiary alicyclic amines) is 1. The largest absolute Gasteiger partial charge is 0.375 e. The second-order valence-corrected chi connectivity index (χ2v) is 10.5. The zero-order valence-electron chi connectivity index (χ0n) is 19.6. The summed E-state index contributed by atoms with van der Waals surface area (Å²) in [7, 11) is 0. The van der Waals surface area contributed by atoms with E-state index in [1.54, 1.807) is 11.1 Å². The molecule has 33 heavy (non-hydrogen) atoms. The molecule has 6 rings (SSSR count). The Labute approximate surface area is 198 Å². The van der Waals surface area contributed by atoms with Crippen molar-refractivity contribution >= 4 is 0 Å². The van der Waals surface area contributed by atoms with Crippen LogP contribution in [0.3, 0.4) is 0 Å². The van der Waals surface area contributed by atoms with Crippen LogP contribution in [0.25, 0.3) is 0 Å². The van der Waals surface area contributed by atoms with Crippen molar-refractivity contribution in [1.82, 2.24) is 4.90 Å². The lowest BCUT2D eigenvalue weighted by atomic mass is 9.68. The predicted octanol–water partition coefficient (Wildman–Crippen LogP) is 6.31. The third-order valence-electron chi connectivity index (χ3n) is 8.76. The maximum absolute atomic E-state index is 6.27. The van der Waals surface area contributed by atoms with Crippen LogP contribution in [0.15, 0.2) is 78.9 Å². The Bertz CT molecular complexity index is 1110. The van der Waals surface area contributed by atoms with E-state index in [-0.39, 0.29) is 5.41 Å². The molecule has 0 N–H and O–H groups in total. The fourth-order valence-corrected chi connectivity index (χ4v) is 6.97. The van der Waals surface area contributed by atoms with Gasteiger partial charge in [-0.3, -0.25) is 4.90 Å². The van der Waals surface area contributed by atoms with E-state index in [9.17, 15) is 0 Å². The van der Waals surface area contributed by atoms with E-state index >= 15 is 0 Å². The van der Waals surface area contributed by atoms with Gasteiger partial charge in [0.2, 0.25) is 0 Å². The van der Waals surface area contributed by atoms with Gasteiger partial charge in [0, 0.05) is 11.0 Å². The highest BCUT2D eigenvalue weighted by atomic mass is 16.5. The molecule has 170 valence electrons. The van der Waals surface area contributed by atoms with Crippen LogP contribution in [0.5, 0.6) is 0 Å². The predicted molar refractivity (Wildman–Crippen MR) is 135 cm³/mol. The van der Waals surface area contributed by atoms with Crippen LogP contribution in [-0.2, 0) is 29.6 Å². The summed E-state index contributed by atoms with van der Waals surface area (Å²) in [6.45, 7) is 3.87. The minimum Gasteiger partial charge on any atom is -0.375 e. The summed E-state index contributed by atoms with van der Waals surface area (Å²) in [6.07, 6.45) is 8.89. The second-order valence-electron chi connectivity index (χ2n) is 10.5. The molecule has 1 spiro atoms. The van der Waals surface area contributed by atoms with Gasteiger partial charge in [-0.2, -0.15) is 0 Å². The molecule has 0 radical (unpaired) electrons. The maximum atomic E-state index is 6.27. The van der Waals surface area contributed by atoms with Gasteiger partial charge in [0.1, 0.15) is 0 Å². The Balaban J connectivity index is 1.33. The molecule has 0 aromatic heterocycles. The number of benzene rings is 3. The van der Waals surface area contributed by atoms with E-state index in [4.69, 9.17) is 4.74 Å². The van der Waals surface area contributed by atoms with Gasteiger partial charge < -0.3 is 4.74 Å². The van der Waals surface area contributed by atoms with Gasteiger partial charge in [0.15, 0.2) is 0 Å². The Morgan fingerprint density at radius 2 is 1.52 bits per heavy atom. The molecule has 3 aromatic carbocycles. The number of ether oxygens (including phenoxy) is 1. The van der Waals surface area contributed by atoms with Crippen LogP contribution in [0, 0.1) is 0 Å². The number of nitrogens with zero attached hydrogens (tertiary/aromatic N) is 1. The van der Waals surface area contributed by atoms with E-state index in [2.05, 4.69) is 83.8 Å². The highest BCUT2D eigenvalue weighted by molar-refractivity contribution is 5.45. The van der Waals surface area contributed by atoms with Crippen molar-refractivity contribution in [3.8, 4) is 0 Å². The normalized spacial score (nSPS) is 27.2. The topological polar surface area (TPSA) is 12.5 Å². The molecule has 2 unspecified atom stereocenters. The first-order chi connectivity index (χ1) is 16.3. The molecule has 3 aromatic rings. The summed E-state index contributed by atoms with van der Waals surface area (Å²) < 4.78 is 6.27.